The molecular formula is C19H21ClN2O5S2. The predicted molar refractivity (Wildman–Crippen MR) is 112 cm³/mol. The van der Waals surface area contributed by atoms with Crippen molar-refractivity contribution in [1.82, 2.24) is 4.31 Å². The van der Waals surface area contributed by atoms with Crippen LogP contribution >= 0.6 is 22.9 Å². The molecule has 2 heterocycles. The van der Waals surface area contributed by atoms with E-state index >= 15 is 0 Å². The van der Waals surface area contributed by atoms with Crippen LogP contribution in [0.1, 0.15) is 35.0 Å². The molecule has 2 aromatic rings. The summed E-state index contributed by atoms with van der Waals surface area (Å²) in [6.07, 6.45) is 1.01. The number of thiophene rings is 1. The van der Waals surface area contributed by atoms with Gasteiger partial charge in [-0.25, -0.2) is 13.2 Å². The third-order valence-electron chi connectivity index (χ3n) is 4.55. The van der Waals surface area contributed by atoms with Crippen LogP contribution in [0.5, 0.6) is 0 Å². The van der Waals surface area contributed by atoms with Crippen LogP contribution in [0.15, 0.2) is 35.2 Å². The first kappa shape index (κ1) is 21.8. The number of aryl methyl sites for hydroxylation is 1. The van der Waals surface area contributed by atoms with Gasteiger partial charge in [0.05, 0.1) is 16.5 Å². The Morgan fingerprint density at radius 2 is 2.00 bits per heavy atom. The van der Waals surface area contributed by atoms with Gasteiger partial charge in [-0.15, -0.1) is 11.3 Å². The Balaban J connectivity index is 1.78. The fourth-order valence-electron chi connectivity index (χ4n) is 3.18. The highest BCUT2D eigenvalue weighted by atomic mass is 35.5. The van der Waals surface area contributed by atoms with E-state index in [-0.39, 0.29) is 18.0 Å². The number of hydrogen-bond acceptors (Lipinski definition) is 6. The Labute approximate surface area is 178 Å². The number of nitrogens with zero attached hydrogens (tertiary/aromatic N) is 1. The minimum Gasteiger partial charge on any atom is -0.462 e. The van der Waals surface area contributed by atoms with Crippen molar-refractivity contribution in [3.63, 3.8) is 0 Å². The number of sulfonamides is 1. The quantitative estimate of drug-likeness (QED) is 0.669. The summed E-state index contributed by atoms with van der Waals surface area (Å²) in [4.78, 5) is 25.3. The van der Waals surface area contributed by atoms with E-state index in [4.69, 9.17) is 16.3 Å². The minimum atomic E-state index is -3.82. The van der Waals surface area contributed by atoms with E-state index in [0.29, 0.717) is 33.3 Å². The Bertz CT molecular complexity index is 1020. The lowest BCUT2D eigenvalue weighted by Crippen LogP contribution is -2.43. The van der Waals surface area contributed by atoms with E-state index in [1.807, 2.05) is 0 Å². The Kier molecular flexibility index (Phi) is 6.62. The van der Waals surface area contributed by atoms with Gasteiger partial charge >= 0.3 is 5.97 Å². The van der Waals surface area contributed by atoms with Crippen LogP contribution in [-0.4, -0.2) is 43.8 Å². The van der Waals surface area contributed by atoms with E-state index in [9.17, 15) is 18.0 Å². The lowest BCUT2D eigenvalue weighted by molar-refractivity contribution is -0.119. The number of esters is 1. The maximum absolute atomic E-state index is 13.0. The van der Waals surface area contributed by atoms with Crippen LogP contribution in [0, 0.1) is 6.92 Å². The monoisotopic (exact) mass is 456 g/mol. The van der Waals surface area contributed by atoms with Gasteiger partial charge in [-0.2, -0.15) is 4.31 Å². The number of nitrogens with one attached hydrogen (secondary N) is 1. The summed E-state index contributed by atoms with van der Waals surface area (Å²) >= 11 is 6.96. The number of halogens is 1. The second-order valence-corrected chi connectivity index (χ2v) is 9.94. The molecule has 0 saturated carbocycles. The van der Waals surface area contributed by atoms with Crippen molar-refractivity contribution in [1.29, 1.82) is 0 Å². The zero-order valence-electron chi connectivity index (χ0n) is 16.0. The van der Waals surface area contributed by atoms with Gasteiger partial charge in [-0.3, -0.25) is 4.79 Å². The number of amides is 1. The Hall–Kier alpha value is -1.94. The van der Waals surface area contributed by atoms with Crippen LogP contribution in [-0.2, 0) is 19.6 Å². The van der Waals surface area contributed by atoms with Crippen molar-refractivity contribution in [2.45, 2.75) is 37.6 Å². The zero-order valence-corrected chi connectivity index (χ0v) is 18.4. The summed E-state index contributed by atoms with van der Waals surface area (Å²) in [5.74, 6) is -0.861. The second-order valence-electron chi connectivity index (χ2n) is 6.56. The molecular weight excluding hydrogens is 436 g/mol. The molecule has 1 aromatic heterocycles. The van der Waals surface area contributed by atoms with E-state index in [1.54, 1.807) is 19.9 Å². The molecule has 0 radical (unpaired) electrons. The number of benzene rings is 1. The fourth-order valence-corrected chi connectivity index (χ4v) is 5.93. The molecule has 10 heteroatoms. The van der Waals surface area contributed by atoms with Gasteiger partial charge < -0.3 is 10.1 Å². The van der Waals surface area contributed by atoms with Gasteiger partial charge in [0, 0.05) is 11.6 Å². The van der Waals surface area contributed by atoms with Crippen molar-refractivity contribution in [3.05, 3.63) is 45.8 Å². The summed E-state index contributed by atoms with van der Waals surface area (Å²) < 4.78 is 32.2. The normalized spacial score (nSPS) is 17.3. The second kappa shape index (κ2) is 8.83. The average molecular weight is 457 g/mol. The van der Waals surface area contributed by atoms with Crippen molar-refractivity contribution >= 4 is 49.8 Å². The SMILES string of the molecule is CCOC(=O)c1sc(NC(=O)C2CCCN2S(=O)(=O)c2ccc(Cl)cc2)cc1C. The molecule has 1 aliphatic rings. The molecule has 1 fully saturated rings. The van der Waals surface area contributed by atoms with Crippen LogP contribution in [0.3, 0.4) is 0 Å². The van der Waals surface area contributed by atoms with E-state index in [0.717, 1.165) is 11.3 Å². The molecule has 1 atom stereocenters. The molecule has 29 heavy (non-hydrogen) atoms. The van der Waals surface area contributed by atoms with Crippen molar-refractivity contribution in [2.75, 3.05) is 18.5 Å². The molecule has 3 rings (SSSR count). The maximum atomic E-state index is 13.0. The molecule has 0 bridgehead atoms. The van der Waals surface area contributed by atoms with E-state index in [1.165, 1.54) is 28.6 Å². The summed E-state index contributed by atoms with van der Waals surface area (Å²) in [6, 6.07) is 6.74. The number of ether oxygens (including phenoxy) is 1. The van der Waals surface area contributed by atoms with Crippen molar-refractivity contribution in [2.24, 2.45) is 0 Å². The number of rotatable bonds is 6. The topological polar surface area (TPSA) is 92.8 Å². The summed E-state index contributed by atoms with van der Waals surface area (Å²) in [5, 5.41) is 3.66. The lowest BCUT2D eigenvalue weighted by atomic mass is 10.2. The average Bonchev–Trinajstić information content (AvgIpc) is 3.29. The molecule has 1 N–H and O–H groups in total. The van der Waals surface area contributed by atoms with E-state index < -0.39 is 27.9 Å². The summed E-state index contributed by atoms with van der Waals surface area (Å²) in [5.41, 5.74) is 0.695. The molecule has 1 aromatic carbocycles. The lowest BCUT2D eigenvalue weighted by Gasteiger charge is -2.23. The van der Waals surface area contributed by atoms with Gasteiger partial charge in [0.25, 0.3) is 0 Å². The Morgan fingerprint density at radius 1 is 1.31 bits per heavy atom. The van der Waals surface area contributed by atoms with Crippen molar-refractivity contribution in [3.8, 4) is 0 Å². The molecule has 1 unspecified atom stereocenters. The van der Waals surface area contributed by atoms with Gasteiger partial charge in [0.15, 0.2) is 0 Å². The third-order valence-corrected chi connectivity index (χ3v) is 7.86. The summed E-state index contributed by atoms with van der Waals surface area (Å²) in [7, 11) is -3.82. The highest BCUT2D eigenvalue weighted by Gasteiger charge is 2.39. The number of carbonyl (C=O) groups excluding carboxylic acids is 2. The van der Waals surface area contributed by atoms with Gasteiger partial charge in [0.1, 0.15) is 10.9 Å². The van der Waals surface area contributed by atoms with Crippen LogP contribution in [0.25, 0.3) is 0 Å². The third kappa shape index (κ3) is 4.63. The first-order chi connectivity index (χ1) is 13.7. The summed E-state index contributed by atoms with van der Waals surface area (Å²) in [6.45, 7) is 4.00. The maximum Gasteiger partial charge on any atom is 0.348 e. The number of hydrogen-bond donors (Lipinski definition) is 1. The standard InChI is InChI=1S/C19H21ClN2O5S2/c1-3-27-19(24)17-12(2)11-16(28-17)21-18(23)15-5-4-10-22(15)29(25,26)14-8-6-13(20)7-9-14/h6-9,11,15H,3-5,10H2,1-2H3,(H,21,23). The fraction of sp³-hybridized carbons (Fsp3) is 0.368. The highest BCUT2D eigenvalue weighted by Crippen LogP contribution is 2.30. The molecule has 1 aliphatic heterocycles. The van der Waals surface area contributed by atoms with Gasteiger partial charge in [-0.05, 0) is 62.6 Å². The minimum absolute atomic E-state index is 0.0955. The van der Waals surface area contributed by atoms with Gasteiger partial charge in [0.2, 0.25) is 15.9 Å². The first-order valence-corrected chi connectivity index (χ1v) is 11.7. The molecule has 1 saturated heterocycles. The van der Waals surface area contributed by atoms with Crippen molar-refractivity contribution < 1.29 is 22.7 Å². The van der Waals surface area contributed by atoms with Gasteiger partial charge in [-0.1, -0.05) is 11.6 Å². The largest absolute Gasteiger partial charge is 0.462 e. The highest BCUT2D eigenvalue weighted by molar-refractivity contribution is 7.89. The molecule has 7 nitrogen and oxygen atoms in total. The molecule has 1 amide bonds. The van der Waals surface area contributed by atoms with Crippen LogP contribution in [0.4, 0.5) is 5.00 Å². The van der Waals surface area contributed by atoms with Crippen LogP contribution in [0.2, 0.25) is 5.02 Å². The molecule has 0 spiro atoms. The predicted octanol–water partition coefficient (Wildman–Crippen LogP) is 3.68. The first-order valence-electron chi connectivity index (χ1n) is 9.10. The zero-order chi connectivity index (χ0) is 21.2. The molecule has 0 aliphatic carbocycles. The number of anilines is 1. The molecule has 156 valence electrons. The smallest absolute Gasteiger partial charge is 0.348 e. The van der Waals surface area contributed by atoms with E-state index in [2.05, 4.69) is 5.32 Å². The number of carbonyl (C=O) groups is 2. The van der Waals surface area contributed by atoms with Crippen LogP contribution < -0.4 is 5.32 Å². The Morgan fingerprint density at radius 3 is 2.66 bits per heavy atom.